The molecule has 0 aromatic carbocycles. The molecule has 0 radical (unpaired) electrons. The van der Waals surface area contributed by atoms with Gasteiger partial charge in [-0.2, -0.15) is 11.8 Å². The number of thioether (sulfide) groups is 1. The summed E-state index contributed by atoms with van der Waals surface area (Å²) in [7, 11) is 3.30. The average molecular weight is 178 g/mol. The molecule has 0 spiro atoms. The molecule has 1 saturated heterocycles. The molecule has 0 amide bonds. The first-order valence-electron chi connectivity index (χ1n) is 3.97. The van der Waals surface area contributed by atoms with Crippen molar-refractivity contribution in [3.05, 3.63) is 0 Å². The third kappa shape index (κ3) is 10.3. The Morgan fingerprint density at radius 1 is 1.00 bits per heavy atom. The molecule has 1 fully saturated rings. The molecule has 0 aromatic heterocycles. The molecule has 0 atom stereocenters. The van der Waals surface area contributed by atoms with Gasteiger partial charge in [0.2, 0.25) is 0 Å². The number of ether oxygens (including phenoxy) is 2. The van der Waals surface area contributed by atoms with Crippen LogP contribution in [0.3, 0.4) is 0 Å². The first-order valence-corrected chi connectivity index (χ1v) is 5.13. The number of rotatable bonds is 3. The van der Waals surface area contributed by atoms with Crippen molar-refractivity contribution >= 4 is 11.8 Å². The van der Waals surface area contributed by atoms with E-state index in [2.05, 4.69) is 21.2 Å². The highest BCUT2D eigenvalue weighted by atomic mass is 32.2. The summed E-state index contributed by atoms with van der Waals surface area (Å²) in [5, 5.41) is 0. The van der Waals surface area contributed by atoms with E-state index in [1.807, 2.05) is 0 Å². The quantitative estimate of drug-likeness (QED) is 0.614. The molecule has 1 aliphatic rings. The predicted octanol–water partition coefficient (Wildman–Crippen LogP) is 1.79. The van der Waals surface area contributed by atoms with Crippen molar-refractivity contribution in [1.29, 1.82) is 0 Å². The molecule has 1 heterocycles. The van der Waals surface area contributed by atoms with Gasteiger partial charge >= 0.3 is 0 Å². The van der Waals surface area contributed by atoms with Crippen molar-refractivity contribution < 1.29 is 9.47 Å². The molecule has 0 aliphatic carbocycles. The maximum atomic E-state index is 4.66. The van der Waals surface area contributed by atoms with Crippen LogP contribution in [0.5, 0.6) is 0 Å². The molecule has 0 saturated carbocycles. The molecule has 0 bridgehead atoms. The first-order chi connectivity index (χ1) is 5.41. The van der Waals surface area contributed by atoms with Crippen LogP contribution in [0.2, 0.25) is 0 Å². The van der Waals surface area contributed by atoms with E-state index in [9.17, 15) is 0 Å². The Balaban J connectivity index is 0.000000183. The average Bonchev–Trinajstić information content (AvgIpc) is 2.57. The van der Waals surface area contributed by atoms with Crippen LogP contribution < -0.4 is 0 Å². The highest BCUT2D eigenvalue weighted by Gasteiger charge is 1.95. The highest BCUT2D eigenvalue weighted by Crippen LogP contribution is 2.14. The third-order valence-electron chi connectivity index (χ3n) is 1.32. The van der Waals surface area contributed by atoms with Gasteiger partial charge in [0.1, 0.15) is 0 Å². The zero-order chi connectivity index (χ0) is 8.36. The second-order valence-corrected chi connectivity index (χ2v) is 3.53. The Morgan fingerprint density at radius 3 is 1.64 bits per heavy atom. The van der Waals surface area contributed by atoms with Gasteiger partial charge in [0, 0.05) is 14.2 Å². The molecule has 1 aliphatic heterocycles. The van der Waals surface area contributed by atoms with Gasteiger partial charge in [-0.25, -0.2) is 0 Å². The maximum absolute atomic E-state index is 4.66. The highest BCUT2D eigenvalue weighted by molar-refractivity contribution is 7.99. The molecule has 0 N–H and O–H groups in total. The molecular weight excluding hydrogens is 160 g/mol. The zero-order valence-corrected chi connectivity index (χ0v) is 8.28. The van der Waals surface area contributed by atoms with E-state index in [0.717, 1.165) is 0 Å². The summed E-state index contributed by atoms with van der Waals surface area (Å²) in [6.07, 6.45) is 2.93. The van der Waals surface area contributed by atoms with E-state index in [1.54, 1.807) is 14.2 Å². The normalized spacial score (nSPS) is 15.8. The third-order valence-corrected chi connectivity index (χ3v) is 2.47. The summed E-state index contributed by atoms with van der Waals surface area (Å²) in [5.74, 6) is 2.83. The van der Waals surface area contributed by atoms with Gasteiger partial charge in [0.05, 0.1) is 13.2 Å². The Labute approximate surface area is 73.6 Å². The Kier molecular flexibility index (Phi) is 10.5. The minimum absolute atomic E-state index is 0.691. The fourth-order valence-corrected chi connectivity index (χ4v) is 1.70. The summed E-state index contributed by atoms with van der Waals surface area (Å²) in [6, 6.07) is 0. The smallest absolute Gasteiger partial charge is 0.0696 e. The molecular formula is C8H18O2S. The largest absolute Gasteiger partial charge is 0.382 e. The lowest BCUT2D eigenvalue weighted by Crippen LogP contribution is -1.96. The molecule has 2 nitrogen and oxygen atoms in total. The topological polar surface area (TPSA) is 18.5 Å². The van der Waals surface area contributed by atoms with Crippen molar-refractivity contribution in [3.8, 4) is 0 Å². The minimum atomic E-state index is 0.691. The molecule has 1 rings (SSSR count). The minimum Gasteiger partial charge on any atom is -0.382 e. The van der Waals surface area contributed by atoms with Gasteiger partial charge in [-0.3, -0.25) is 0 Å². The van der Waals surface area contributed by atoms with Gasteiger partial charge in [0.15, 0.2) is 0 Å². The zero-order valence-electron chi connectivity index (χ0n) is 7.47. The van der Waals surface area contributed by atoms with Crippen molar-refractivity contribution in [1.82, 2.24) is 0 Å². The standard InChI is InChI=1S/C4H10O2.C4H8S/c1-5-3-4-6-2;1-2-4-5-3-1/h3-4H2,1-2H3;1-4H2. The van der Waals surface area contributed by atoms with Gasteiger partial charge < -0.3 is 9.47 Å². The van der Waals surface area contributed by atoms with E-state index >= 15 is 0 Å². The first kappa shape index (κ1) is 11.3. The van der Waals surface area contributed by atoms with Crippen LogP contribution in [0.4, 0.5) is 0 Å². The summed E-state index contributed by atoms with van der Waals surface area (Å²) in [4.78, 5) is 0. The van der Waals surface area contributed by atoms with Crippen LogP contribution in [-0.4, -0.2) is 38.9 Å². The fraction of sp³-hybridized carbons (Fsp3) is 1.00. The second kappa shape index (κ2) is 10.3. The van der Waals surface area contributed by atoms with Crippen LogP contribution in [0.15, 0.2) is 0 Å². The Hall–Kier alpha value is 0.270. The lowest BCUT2D eigenvalue weighted by molar-refractivity contribution is 0.103. The molecule has 3 heteroatoms. The van der Waals surface area contributed by atoms with E-state index in [0.29, 0.717) is 13.2 Å². The molecule has 68 valence electrons. The van der Waals surface area contributed by atoms with Crippen molar-refractivity contribution in [2.75, 3.05) is 38.9 Å². The summed E-state index contributed by atoms with van der Waals surface area (Å²) < 4.78 is 9.31. The predicted molar refractivity (Wildman–Crippen MR) is 50.3 cm³/mol. The van der Waals surface area contributed by atoms with Crippen LogP contribution in [0.25, 0.3) is 0 Å². The van der Waals surface area contributed by atoms with Crippen LogP contribution in [0.1, 0.15) is 12.8 Å². The fourth-order valence-electron chi connectivity index (χ4n) is 0.677. The second-order valence-electron chi connectivity index (χ2n) is 2.31. The van der Waals surface area contributed by atoms with Crippen LogP contribution >= 0.6 is 11.8 Å². The number of hydrogen-bond acceptors (Lipinski definition) is 3. The summed E-state index contributed by atoms with van der Waals surface area (Å²) >= 11 is 2.07. The Bertz CT molecular complexity index is 53.5. The molecule has 0 unspecified atom stereocenters. The van der Waals surface area contributed by atoms with Crippen molar-refractivity contribution in [2.45, 2.75) is 12.8 Å². The van der Waals surface area contributed by atoms with Gasteiger partial charge in [-0.1, -0.05) is 0 Å². The van der Waals surface area contributed by atoms with Crippen LogP contribution in [0, 0.1) is 0 Å². The SMILES string of the molecule is C1CCSC1.COCCOC. The van der Waals surface area contributed by atoms with Gasteiger partial charge in [-0.05, 0) is 24.3 Å². The lowest BCUT2D eigenvalue weighted by atomic mass is 10.4. The number of methoxy groups -OCH3 is 2. The monoisotopic (exact) mass is 178 g/mol. The van der Waals surface area contributed by atoms with Crippen molar-refractivity contribution in [3.63, 3.8) is 0 Å². The van der Waals surface area contributed by atoms with Crippen molar-refractivity contribution in [2.24, 2.45) is 0 Å². The van der Waals surface area contributed by atoms with E-state index in [1.165, 1.54) is 24.3 Å². The van der Waals surface area contributed by atoms with Gasteiger partial charge in [-0.15, -0.1) is 0 Å². The molecule has 11 heavy (non-hydrogen) atoms. The maximum Gasteiger partial charge on any atom is 0.0696 e. The summed E-state index contributed by atoms with van der Waals surface area (Å²) in [6.45, 7) is 1.38. The van der Waals surface area contributed by atoms with Crippen LogP contribution in [-0.2, 0) is 9.47 Å². The van der Waals surface area contributed by atoms with Gasteiger partial charge in [0.25, 0.3) is 0 Å². The lowest BCUT2D eigenvalue weighted by Gasteiger charge is -1.91. The van der Waals surface area contributed by atoms with E-state index in [-0.39, 0.29) is 0 Å². The Morgan fingerprint density at radius 2 is 1.45 bits per heavy atom. The number of hydrogen-bond donors (Lipinski definition) is 0. The van der Waals surface area contributed by atoms with E-state index < -0.39 is 0 Å². The van der Waals surface area contributed by atoms with E-state index in [4.69, 9.17) is 0 Å². The molecule has 0 aromatic rings. The summed E-state index contributed by atoms with van der Waals surface area (Å²) in [5.41, 5.74) is 0.